The van der Waals surface area contributed by atoms with Crippen LogP contribution in [0.1, 0.15) is 49.8 Å². The van der Waals surface area contributed by atoms with Crippen molar-refractivity contribution < 1.29 is 23.8 Å². The molecule has 0 aromatic heterocycles. The normalized spacial score (nSPS) is 14.5. The third kappa shape index (κ3) is 7.83. The number of hydrogen-bond donors (Lipinski definition) is 0. The highest BCUT2D eigenvalue weighted by atomic mass is 32.2. The van der Waals surface area contributed by atoms with Gasteiger partial charge in [0, 0.05) is 13.0 Å². The molecule has 1 heterocycles. The second-order valence-corrected chi connectivity index (χ2v) is 9.75. The second-order valence-electron chi connectivity index (χ2n) is 8.07. The molecular weight excluding hydrogens is 482 g/mol. The number of carbonyl (C=O) groups is 2. The van der Waals surface area contributed by atoms with E-state index in [2.05, 4.69) is 6.07 Å². The lowest BCUT2D eigenvalue weighted by molar-refractivity contribution is -0.144. The lowest BCUT2D eigenvalue weighted by Crippen LogP contribution is -2.29. The SMILES string of the molecule is CCCOC(=O)CCCN1C(=O)/C(=C\c2ccc(OCc3cccc(C)c3)c(OCC)c2)SC1=S. The summed E-state index contributed by atoms with van der Waals surface area (Å²) >= 11 is 6.67. The van der Waals surface area contributed by atoms with Crippen LogP contribution in [-0.4, -0.2) is 40.9 Å². The average molecular weight is 514 g/mol. The number of hydrogen-bond acceptors (Lipinski definition) is 7. The molecule has 8 heteroatoms. The molecule has 186 valence electrons. The fourth-order valence-electron chi connectivity index (χ4n) is 3.48. The molecule has 0 bridgehead atoms. The van der Waals surface area contributed by atoms with E-state index in [1.165, 1.54) is 17.3 Å². The Morgan fingerprint density at radius 2 is 1.94 bits per heavy atom. The van der Waals surface area contributed by atoms with Crippen molar-refractivity contribution in [3.05, 3.63) is 64.1 Å². The molecule has 2 aromatic carbocycles. The number of nitrogens with zero attached hydrogens (tertiary/aromatic N) is 1. The van der Waals surface area contributed by atoms with Crippen molar-refractivity contribution in [3.63, 3.8) is 0 Å². The van der Waals surface area contributed by atoms with Crippen LogP contribution in [0.25, 0.3) is 6.08 Å². The van der Waals surface area contributed by atoms with Crippen molar-refractivity contribution >= 4 is 46.3 Å². The van der Waals surface area contributed by atoms with E-state index >= 15 is 0 Å². The van der Waals surface area contributed by atoms with E-state index in [1.54, 1.807) is 4.90 Å². The fourth-order valence-corrected chi connectivity index (χ4v) is 4.79. The zero-order valence-corrected chi connectivity index (χ0v) is 22.0. The lowest BCUT2D eigenvalue weighted by Gasteiger charge is -2.14. The van der Waals surface area contributed by atoms with Crippen molar-refractivity contribution in [1.82, 2.24) is 4.90 Å². The van der Waals surface area contributed by atoms with Crippen LogP contribution in [0.2, 0.25) is 0 Å². The highest BCUT2D eigenvalue weighted by Crippen LogP contribution is 2.35. The summed E-state index contributed by atoms with van der Waals surface area (Å²) in [5, 5.41) is 0. The van der Waals surface area contributed by atoms with Gasteiger partial charge in [-0.3, -0.25) is 14.5 Å². The predicted molar refractivity (Wildman–Crippen MR) is 143 cm³/mol. The van der Waals surface area contributed by atoms with Gasteiger partial charge in [-0.1, -0.05) is 66.8 Å². The fraction of sp³-hybridized carbons (Fsp3) is 0.370. The Bertz CT molecular complexity index is 1100. The highest BCUT2D eigenvalue weighted by molar-refractivity contribution is 8.26. The Morgan fingerprint density at radius 3 is 2.69 bits per heavy atom. The van der Waals surface area contributed by atoms with Crippen molar-refractivity contribution in [3.8, 4) is 11.5 Å². The number of ether oxygens (including phenoxy) is 3. The molecule has 0 saturated carbocycles. The molecule has 0 radical (unpaired) electrons. The largest absolute Gasteiger partial charge is 0.490 e. The van der Waals surface area contributed by atoms with E-state index in [0.717, 1.165) is 17.5 Å². The first-order valence-electron chi connectivity index (χ1n) is 11.8. The standard InChI is InChI=1S/C27H31NO5S2/c1-4-14-32-25(29)10-7-13-28-26(30)24(35-27(28)34)17-20-11-12-22(23(16-20)31-5-2)33-18-21-9-6-8-19(3)15-21/h6,8-9,11-12,15-17H,4-5,7,10,13-14,18H2,1-3H3/b24-17+. The molecule has 1 aliphatic heterocycles. The molecule has 0 unspecified atom stereocenters. The number of thiocarbonyl (C=S) groups is 1. The maximum atomic E-state index is 12.9. The van der Waals surface area contributed by atoms with Crippen molar-refractivity contribution in [2.75, 3.05) is 19.8 Å². The first kappa shape index (κ1) is 26.8. The number of amides is 1. The van der Waals surface area contributed by atoms with Crippen molar-refractivity contribution in [2.45, 2.75) is 46.6 Å². The molecule has 35 heavy (non-hydrogen) atoms. The van der Waals surface area contributed by atoms with Crippen LogP contribution < -0.4 is 9.47 Å². The summed E-state index contributed by atoms with van der Waals surface area (Å²) < 4.78 is 17.4. The van der Waals surface area contributed by atoms with Gasteiger partial charge in [0.2, 0.25) is 0 Å². The van der Waals surface area contributed by atoms with Crippen LogP contribution in [0, 0.1) is 6.92 Å². The molecule has 0 atom stereocenters. The maximum absolute atomic E-state index is 12.9. The summed E-state index contributed by atoms with van der Waals surface area (Å²) in [5.74, 6) is 0.864. The summed E-state index contributed by atoms with van der Waals surface area (Å²) in [6, 6.07) is 13.8. The minimum Gasteiger partial charge on any atom is -0.490 e. The number of aryl methyl sites for hydroxylation is 1. The van der Waals surface area contributed by atoms with Crippen LogP contribution >= 0.6 is 24.0 Å². The smallest absolute Gasteiger partial charge is 0.305 e. The highest BCUT2D eigenvalue weighted by Gasteiger charge is 2.31. The Morgan fingerprint density at radius 1 is 1.11 bits per heavy atom. The Kier molecular flexibility index (Phi) is 10.2. The predicted octanol–water partition coefficient (Wildman–Crippen LogP) is 5.91. The van der Waals surface area contributed by atoms with Crippen LogP contribution in [0.3, 0.4) is 0 Å². The molecule has 1 saturated heterocycles. The molecule has 3 rings (SSSR count). The quantitative estimate of drug-likeness (QED) is 0.199. The summed E-state index contributed by atoms with van der Waals surface area (Å²) in [6.07, 6.45) is 3.36. The molecule has 2 aromatic rings. The van der Waals surface area contributed by atoms with Gasteiger partial charge in [0.05, 0.1) is 18.1 Å². The molecular formula is C27H31NO5S2. The van der Waals surface area contributed by atoms with Crippen molar-refractivity contribution in [2.24, 2.45) is 0 Å². The van der Waals surface area contributed by atoms with Crippen LogP contribution in [0.5, 0.6) is 11.5 Å². The zero-order chi connectivity index (χ0) is 25.2. The van der Waals surface area contributed by atoms with E-state index in [9.17, 15) is 9.59 Å². The minimum absolute atomic E-state index is 0.153. The number of thioether (sulfide) groups is 1. The maximum Gasteiger partial charge on any atom is 0.305 e. The summed E-state index contributed by atoms with van der Waals surface area (Å²) in [6.45, 7) is 7.65. The van der Waals surface area contributed by atoms with E-state index in [1.807, 2.05) is 63.2 Å². The van der Waals surface area contributed by atoms with Gasteiger partial charge in [0.25, 0.3) is 5.91 Å². The van der Waals surface area contributed by atoms with Gasteiger partial charge in [-0.05, 0) is 56.0 Å². The van der Waals surface area contributed by atoms with Crippen LogP contribution in [0.4, 0.5) is 0 Å². The van der Waals surface area contributed by atoms with Gasteiger partial charge in [0.1, 0.15) is 10.9 Å². The van der Waals surface area contributed by atoms with E-state index < -0.39 is 0 Å². The topological polar surface area (TPSA) is 65.1 Å². The first-order chi connectivity index (χ1) is 16.9. The Hall–Kier alpha value is -2.84. The van der Waals surface area contributed by atoms with Gasteiger partial charge < -0.3 is 14.2 Å². The van der Waals surface area contributed by atoms with E-state index in [0.29, 0.717) is 53.5 Å². The first-order valence-corrected chi connectivity index (χ1v) is 13.0. The summed E-state index contributed by atoms with van der Waals surface area (Å²) in [5.41, 5.74) is 3.08. The lowest BCUT2D eigenvalue weighted by atomic mass is 10.1. The van der Waals surface area contributed by atoms with E-state index in [-0.39, 0.29) is 18.3 Å². The van der Waals surface area contributed by atoms with Crippen molar-refractivity contribution in [1.29, 1.82) is 0 Å². The van der Waals surface area contributed by atoms with Crippen LogP contribution in [0.15, 0.2) is 47.4 Å². The third-order valence-electron chi connectivity index (χ3n) is 5.15. The van der Waals surface area contributed by atoms with Gasteiger partial charge >= 0.3 is 5.97 Å². The number of esters is 1. The Labute approximate surface area is 216 Å². The molecule has 1 amide bonds. The monoisotopic (exact) mass is 513 g/mol. The average Bonchev–Trinajstić information content (AvgIpc) is 3.10. The molecule has 1 aliphatic rings. The molecule has 0 spiro atoms. The summed E-state index contributed by atoms with van der Waals surface area (Å²) in [7, 11) is 0. The number of carbonyl (C=O) groups excluding carboxylic acids is 2. The van der Waals surface area contributed by atoms with Crippen LogP contribution in [-0.2, 0) is 20.9 Å². The minimum atomic E-state index is -0.249. The molecule has 6 nitrogen and oxygen atoms in total. The summed E-state index contributed by atoms with van der Waals surface area (Å²) in [4.78, 5) is 26.7. The number of rotatable bonds is 12. The van der Waals surface area contributed by atoms with Gasteiger partial charge in [-0.15, -0.1) is 0 Å². The van der Waals surface area contributed by atoms with E-state index in [4.69, 9.17) is 26.4 Å². The molecule has 0 aliphatic carbocycles. The van der Waals surface area contributed by atoms with Gasteiger partial charge in [-0.2, -0.15) is 0 Å². The molecule has 1 fully saturated rings. The van der Waals surface area contributed by atoms with Gasteiger partial charge in [0.15, 0.2) is 11.5 Å². The van der Waals surface area contributed by atoms with Gasteiger partial charge in [-0.25, -0.2) is 0 Å². The number of benzene rings is 2. The second kappa shape index (κ2) is 13.3. The zero-order valence-electron chi connectivity index (χ0n) is 20.4. The molecule has 0 N–H and O–H groups in total. The Balaban J connectivity index is 1.65. The third-order valence-corrected chi connectivity index (χ3v) is 6.52.